The normalized spacial score (nSPS) is 12.4. The fraction of sp³-hybridized carbons (Fsp3) is 0.400. The molecule has 0 aliphatic heterocycles. The van der Waals surface area contributed by atoms with E-state index in [1.165, 1.54) is 0 Å². The molecule has 0 fully saturated rings. The van der Waals surface area contributed by atoms with Gasteiger partial charge < -0.3 is 20.9 Å². The fourth-order valence-corrected chi connectivity index (χ4v) is 1.09. The smallest absolute Gasteiger partial charge is 0.121 e. The first-order chi connectivity index (χ1) is 6.72. The molecule has 4 nitrogen and oxygen atoms in total. The van der Waals surface area contributed by atoms with Crippen molar-refractivity contribution in [2.24, 2.45) is 0 Å². The van der Waals surface area contributed by atoms with Gasteiger partial charge in [-0.15, -0.1) is 0 Å². The Bertz CT molecular complexity index is 279. The van der Waals surface area contributed by atoms with Crippen molar-refractivity contribution in [3.8, 4) is 5.75 Å². The van der Waals surface area contributed by atoms with Crippen molar-refractivity contribution in [2.75, 3.05) is 25.9 Å². The molecule has 0 radical (unpaired) electrons. The lowest BCUT2D eigenvalue weighted by molar-refractivity contribution is 0.108. The number of aliphatic hydroxyl groups excluding tert-OH is 1. The molecule has 0 aliphatic rings. The van der Waals surface area contributed by atoms with Crippen LogP contribution in [0.25, 0.3) is 0 Å². The fourth-order valence-electron chi connectivity index (χ4n) is 1.09. The van der Waals surface area contributed by atoms with E-state index in [4.69, 9.17) is 10.5 Å². The maximum Gasteiger partial charge on any atom is 0.121 e. The summed E-state index contributed by atoms with van der Waals surface area (Å²) in [6, 6.07) is 7.14. The number of likely N-dealkylation sites (N-methyl/N-ethyl adjacent to an activating group) is 1. The van der Waals surface area contributed by atoms with Crippen LogP contribution in [0.2, 0.25) is 0 Å². The second kappa shape index (κ2) is 5.47. The van der Waals surface area contributed by atoms with Crippen molar-refractivity contribution < 1.29 is 9.84 Å². The molecule has 14 heavy (non-hydrogen) atoms. The van der Waals surface area contributed by atoms with E-state index in [0.29, 0.717) is 18.0 Å². The van der Waals surface area contributed by atoms with E-state index in [1.54, 1.807) is 19.2 Å². The van der Waals surface area contributed by atoms with Crippen LogP contribution in [0.15, 0.2) is 24.3 Å². The maximum atomic E-state index is 9.36. The summed E-state index contributed by atoms with van der Waals surface area (Å²) in [5.74, 6) is 0.681. The van der Waals surface area contributed by atoms with Crippen LogP contribution in [-0.2, 0) is 0 Å². The van der Waals surface area contributed by atoms with Crippen molar-refractivity contribution >= 4 is 5.69 Å². The van der Waals surface area contributed by atoms with E-state index < -0.39 is 6.10 Å². The number of rotatable bonds is 5. The molecule has 0 spiro atoms. The third-order valence-corrected chi connectivity index (χ3v) is 1.74. The van der Waals surface area contributed by atoms with Crippen molar-refractivity contribution in [3.63, 3.8) is 0 Å². The molecule has 0 saturated heterocycles. The highest BCUT2D eigenvalue weighted by Gasteiger charge is 2.03. The summed E-state index contributed by atoms with van der Waals surface area (Å²) in [6.07, 6.45) is -0.499. The summed E-state index contributed by atoms with van der Waals surface area (Å²) in [5.41, 5.74) is 6.23. The molecule has 0 aliphatic carbocycles. The molecule has 0 saturated carbocycles. The number of ether oxygens (including phenoxy) is 1. The van der Waals surface area contributed by atoms with Gasteiger partial charge in [0.1, 0.15) is 18.5 Å². The Kier molecular flexibility index (Phi) is 4.22. The van der Waals surface area contributed by atoms with E-state index in [1.807, 2.05) is 12.1 Å². The number of nitrogen functional groups attached to an aromatic ring is 1. The zero-order valence-corrected chi connectivity index (χ0v) is 8.23. The number of aliphatic hydroxyl groups is 1. The summed E-state index contributed by atoms with van der Waals surface area (Å²) in [6.45, 7) is 0.784. The zero-order valence-electron chi connectivity index (χ0n) is 8.23. The molecule has 1 aromatic rings. The van der Waals surface area contributed by atoms with Crippen molar-refractivity contribution in [1.82, 2.24) is 5.32 Å². The van der Waals surface area contributed by atoms with Crippen LogP contribution in [0, 0.1) is 0 Å². The third-order valence-electron chi connectivity index (χ3n) is 1.74. The van der Waals surface area contributed by atoms with Gasteiger partial charge in [-0.3, -0.25) is 0 Å². The number of anilines is 1. The van der Waals surface area contributed by atoms with E-state index in [2.05, 4.69) is 5.32 Å². The number of benzene rings is 1. The molecule has 0 heterocycles. The number of nitrogens with two attached hydrogens (primary N) is 1. The van der Waals surface area contributed by atoms with Gasteiger partial charge >= 0.3 is 0 Å². The molecule has 0 bridgehead atoms. The second-order valence-corrected chi connectivity index (χ2v) is 3.09. The van der Waals surface area contributed by atoms with Crippen LogP contribution >= 0.6 is 0 Å². The predicted molar refractivity (Wildman–Crippen MR) is 56.3 cm³/mol. The molecular formula is C10H16N2O2. The van der Waals surface area contributed by atoms with Gasteiger partial charge in [0, 0.05) is 18.3 Å². The van der Waals surface area contributed by atoms with Gasteiger partial charge in [-0.05, 0) is 19.2 Å². The molecule has 1 unspecified atom stereocenters. The summed E-state index contributed by atoms with van der Waals surface area (Å²) in [5, 5.41) is 12.2. The van der Waals surface area contributed by atoms with E-state index >= 15 is 0 Å². The Morgan fingerprint density at radius 1 is 1.57 bits per heavy atom. The highest BCUT2D eigenvalue weighted by molar-refractivity contribution is 5.43. The van der Waals surface area contributed by atoms with Gasteiger partial charge in [0.15, 0.2) is 0 Å². The lowest BCUT2D eigenvalue weighted by Gasteiger charge is -2.11. The quantitative estimate of drug-likeness (QED) is 0.590. The highest BCUT2D eigenvalue weighted by atomic mass is 16.5. The van der Waals surface area contributed by atoms with Crippen molar-refractivity contribution in [3.05, 3.63) is 24.3 Å². The standard InChI is InChI=1S/C10H16N2O2/c1-12-6-9(13)7-14-10-4-2-3-8(11)5-10/h2-5,9,12-13H,6-7,11H2,1H3. The molecular weight excluding hydrogens is 180 g/mol. The second-order valence-electron chi connectivity index (χ2n) is 3.09. The summed E-state index contributed by atoms with van der Waals surface area (Å²) < 4.78 is 5.33. The molecule has 1 atom stereocenters. The molecule has 4 heteroatoms. The zero-order chi connectivity index (χ0) is 10.4. The summed E-state index contributed by atoms with van der Waals surface area (Å²) in [7, 11) is 1.78. The van der Waals surface area contributed by atoms with Crippen LogP contribution < -0.4 is 15.8 Å². The van der Waals surface area contributed by atoms with Gasteiger partial charge in [-0.25, -0.2) is 0 Å². The first-order valence-electron chi connectivity index (χ1n) is 4.53. The van der Waals surface area contributed by atoms with Gasteiger partial charge in [-0.2, -0.15) is 0 Å². The minimum atomic E-state index is -0.499. The number of hydrogen-bond acceptors (Lipinski definition) is 4. The first kappa shape index (κ1) is 10.8. The largest absolute Gasteiger partial charge is 0.491 e. The molecule has 78 valence electrons. The van der Waals surface area contributed by atoms with E-state index in [0.717, 1.165) is 0 Å². The lowest BCUT2D eigenvalue weighted by atomic mass is 10.3. The van der Waals surface area contributed by atoms with E-state index in [9.17, 15) is 5.11 Å². The van der Waals surface area contributed by atoms with Crippen molar-refractivity contribution in [2.45, 2.75) is 6.10 Å². The maximum absolute atomic E-state index is 9.36. The molecule has 0 aromatic heterocycles. The Morgan fingerprint density at radius 2 is 2.36 bits per heavy atom. The average molecular weight is 196 g/mol. The first-order valence-corrected chi connectivity index (χ1v) is 4.53. The monoisotopic (exact) mass is 196 g/mol. The average Bonchev–Trinajstić information content (AvgIpc) is 2.15. The van der Waals surface area contributed by atoms with Gasteiger partial charge in [0.05, 0.1) is 0 Å². The van der Waals surface area contributed by atoms with Gasteiger partial charge in [0.25, 0.3) is 0 Å². The van der Waals surface area contributed by atoms with Gasteiger partial charge in [0.2, 0.25) is 0 Å². The predicted octanol–water partition coefficient (Wildman–Crippen LogP) is 0.228. The van der Waals surface area contributed by atoms with Gasteiger partial charge in [-0.1, -0.05) is 6.07 Å². The minimum absolute atomic E-state index is 0.268. The summed E-state index contributed by atoms with van der Waals surface area (Å²) >= 11 is 0. The lowest BCUT2D eigenvalue weighted by Crippen LogP contribution is -2.29. The molecule has 4 N–H and O–H groups in total. The third kappa shape index (κ3) is 3.64. The van der Waals surface area contributed by atoms with Crippen LogP contribution in [0.1, 0.15) is 0 Å². The Balaban J connectivity index is 2.37. The number of hydrogen-bond donors (Lipinski definition) is 3. The molecule has 1 rings (SSSR count). The molecule has 1 aromatic carbocycles. The van der Waals surface area contributed by atoms with Crippen LogP contribution in [0.4, 0.5) is 5.69 Å². The van der Waals surface area contributed by atoms with Crippen LogP contribution in [-0.4, -0.2) is 31.4 Å². The Hall–Kier alpha value is -1.26. The SMILES string of the molecule is CNCC(O)COc1cccc(N)c1. The Labute approximate surface area is 83.7 Å². The van der Waals surface area contributed by atoms with Crippen LogP contribution in [0.3, 0.4) is 0 Å². The molecule has 0 amide bonds. The van der Waals surface area contributed by atoms with Crippen LogP contribution in [0.5, 0.6) is 5.75 Å². The minimum Gasteiger partial charge on any atom is -0.491 e. The van der Waals surface area contributed by atoms with E-state index in [-0.39, 0.29) is 6.61 Å². The highest BCUT2D eigenvalue weighted by Crippen LogP contribution is 2.14. The summed E-state index contributed by atoms with van der Waals surface area (Å²) in [4.78, 5) is 0. The van der Waals surface area contributed by atoms with Crippen molar-refractivity contribution in [1.29, 1.82) is 0 Å². The Morgan fingerprint density at radius 3 is 3.00 bits per heavy atom. The number of nitrogens with one attached hydrogen (secondary N) is 1. The topological polar surface area (TPSA) is 67.5 Å².